The number of benzene rings is 2. The zero-order chi connectivity index (χ0) is 20.9. The summed E-state index contributed by atoms with van der Waals surface area (Å²) in [5.74, 6) is -0.886. The molecule has 4 amide bonds. The number of amides is 4. The van der Waals surface area contributed by atoms with E-state index >= 15 is 0 Å². The summed E-state index contributed by atoms with van der Waals surface area (Å²) in [7, 11) is 0. The van der Waals surface area contributed by atoms with Gasteiger partial charge in [-0.2, -0.15) is 0 Å². The normalized spacial score (nSPS) is 20.0. The van der Waals surface area contributed by atoms with Crippen LogP contribution in [0, 0.1) is 0 Å². The molecule has 2 N–H and O–H groups in total. The SMILES string of the molecule is O=C(CN1C(=O)N[C@]2(CCc3ccccc32)C1=O)Nc1ccc(Cl)c2cccnc12. The number of fused-ring (bicyclic) bond motifs is 3. The molecular weight excluding hydrogens is 404 g/mol. The van der Waals surface area contributed by atoms with E-state index in [-0.39, 0.29) is 6.54 Å². The highest BCUT2D eigenvalue weighted by molar-refractivity contribution is 6.36. The van der Waals surface area contributed by atoms with Gasteiger partial charge in [0.2, 0.25) is 5.91 Å². The molecule has 1 spiro atoms. The quantitative estimate of drug-likeness (QED) is 0.636. The first-order valence-corrected chi connectivity index (χ1v) is 9.93. The van der Waals surface area contributed by atoms with Gasteiger partial charge in [-0.25, -0.2) is 4.79 Å². The molecule has 1 saturated heterocycles. The molecule has 1 atom stereocenters. The standard InChI is InChI=1S/C22H17ClN4O3/c23-16-7-8-17(19-14(16)5-3-11-24-19)25-18(28)12-27-20(29)22(26-21(27)30)10-9-13-4-1-2-6-15(13)22/h1-8,11H,9-10,12H2,(H,25,28)(H,26,30)/t22-/m0/s1. The van der Waals surface area contributed by atoms with E-state index in [1.165, 1.54) is 0 Å². The lowest BCUT2D eigenvalue weighted by molar-refractivity contribution is -0.134. The molecule has 3 aromatic rings. The third kappa shape index (κ3) is 2.74. The fourth-order valence-electron chi connectivity index (χ4n) is 4.31. The molecule has 0 saturated carbocycles. The van der Waals surface area contributed by atoms with Crippen molar-refractivity contribution < 1.29 is 14.4 Å². The van der Waals surface area contributed by atoms with Crippen molar-refractivity contribution in [3.05, 3.63) is 70.9 Å². The molecule has 30 heavy (non-hydrogen) atoms. The summed E-state index contributed by atoms with van der Waals surface area (Å²) in [6.45, 7) is -0.383. The Kier molecular flexibility index (Phi) is 4.22. The zero-order valence-corrected chi connectivity index (χ0v) is 16.6. The van der Waals surface area contributed by atoms with Gasteiger partial charge in [0.05, 0.1) is 16.2 Å². The van der Waals surface area contributed by atoms with Gasteiger partial charge in [-0.15, -0.1) is 0 Å². The van der Waals surface area contributed by atoms with Gasteiger partial charge in [0.25, 0.3) is 5.91 Å². The molecule has 7 nitrogen and oxygen atoms in total. The number of aryl methyl sites for hydroxylation is 1. The lowest BCUT2D eigenvalue weighted by Crippen LogP contribution is -2.43. The second-order valence-corrected chi connectivity index (χ2v) is 7.83. The van der Waals surface area contributed by atoms with Crippen molar-refractivity contribution in [3.63, 3.8) is 0 Å². The van der Waals surface area contributed by atoms with Gasteiger partial charge in [-0.3, -0.25) is 19.5 Å². The third-order valence-electron chi connectivity index (χ3n) is 5.71. The number of rotatable bonds is 3. The maximum atomic E-state index is 13.2. The van der Waals surface area contributed by atoms with Crippen molar-refractivity contribution in [2.24, 2.45) is 0 Å². The van der Waals surface area contributed by atoms with Crippen molar-refractivity contribution in [2.75, 3.05) is 11.9 Å². The lowest BCUT2D eigenvalue weighted by Gasteiger charge is -2.22. The Bertz CT molecular complexity index is 1230. The number of imide groups is 1. The zero-order valence-electron chi connectivity index (χ0n) is 15.8. The molecule has 0 bridgehead atoms. The highest BCUT2D eigenvalue weighted by atomic mass is 35.5. The molecule has 8 heteroatoms. The first-order chi connectivity index (χ1) is 14.5. The second-order valence-electron chi connectivity index (χ2n) is 7.43. The summed E-state index contributed by atoms with van der Waals surface area (Å²) in [5, 5.41) is 6.79. The first kappa shape index (κ1) is 18.6. The van der Waals surface area contributed by atoms with Crippen LogP contribution in [0.2, 0.25) is 5.02 Å². The first-order valence-electron chi connectivity index (χ1n) is 9.55. The fourth-order valence-corrected chi connectivity index (χ4v) is 4.52. The van der Waals surface area contributed by atoms with Crippen LogP contribution in [0.4, 0.5) is 10.5 Å². The predicted octanol–water partition coefficient (Wildman–Crippen LogP) is 3.22. The van der Waals surface area contributed by atoms with Crippen molar-refractivity contribution in [1.82, 2.24) is 15.2 Å². The Morgan fingerprint density at radius 3 is 2.87 bits per heavy atom. The smallest absolute Gasteiger partial charge is 0.323 e. The minimum Gasteiger partial charge on any atom is -0.323 e. The number of aromatic nitrogens is 1. The minimum absolute atomic E-state index is 0.383. The summed E-state index contributed by atoms with van der Waals surface area (Å²) in [4.78, 5) is 43.7. The molecule has 1 aliphatic heterocycles. The maximum Gasteiger partial charge on any atom is 0.325 e. The van der Waals surface area contributed by atoms with Crippen LogP contribution in [0.5, 0.6) is 0 Å². The van der Waals surface area contributed by atoms with Crippen LogP contribution in [0.1, 0.15) is 17.5 Å². The van der Waals surface area contributed by atoms with Crippen molar-refractivity contribution >= 4 is 46.0 Å². The highest BCUT2D eigenvalue weighted by Crippen LogP contribution is 2.41. The van der Waals surface area contributed by atoms with E-state index in [1.54, 1.807) is 30.5 Å². The second kappa shape index (κ2) is 6.81. The molecule has 1 aliphatic carbocycles. The number of hydrogen-bond donors (Lipinski definition) is 2. The third-order valence-corrected chi connectivity index (χ3v) is 6.04. The number of carbonyl (C=O) groups excluding carboxylic acids is 3. The number of carbonyl (C=O) groups is 3. The van der Waals surface area contributed by atoms with E-state index in [4.69, 9.17) is 11.6 Å². The molecule has 0 radical (unpaired) electrons. The lowest BCUT2D eigenvalue weighted by atomic mass is 9.92. The van der Waals surface area contributed by atoms with Gasteiger partial charge in [0.1, 0.15) is 12.1 Å². The minimum atomic E-state index is -1.08. The molecule has 1 aromatic heterocycles. The van der Waals surface area contributed by atoms with Crippen LogP contribution >= 0.6 is 11.6 Å². The molecule has 2 heterocycles. The number of nitrogens with zero attached hydrogens (tertiary/aromatic N) is 2. The monoisotopic (exact) mass is 420 g/mol. The summed E-state index contributed by atoms with van der Waals surface area (Å²) < 4.78 is 0. The number of pyridine rings is 1. The number of nitrogens with one attached hydrogen (secondary N) is 2. The van der Waals surface area contributed by atoms with Crippen LogP contribution < -0.4 is 10.6 Å². The fraction of sp³-hybridized carbons (Fsp3) is 0.182. The Morgan fingerprint density at radius 2 is 2.00 bits per heavy atom. The van der Waals surface area contributed by atoms with Crippen molar-refractivity contribution in [3.8, 4) is 0 Å². The summed E-state index contributed by atoms with van der Waals surface area (Å²) in [5.41, 5.74) is 1.77. The molecule has 2 aromatic carbocycles. The summed E-state index contributed by atoms with van der Waals surface area (Å²) in [6.07, 6.45) is 2.79. The molecule has 0 unspecified atom stereocenters. The number of halogens is 1. The number of anilines is 1. The van der Waals surface area contributed by atoms with E-state index in [0.29, 0.717) is 34.5 Å². The van der Waals surface area contributed by atoms with Crippen LogP contribution in [0.15, 0.2) is 54.7 Å². The van der Waals surface area contributed by atoms with E-state index in [2.05, 4.69) is 15.6 Å². The van der Waals surface area contributed by atoms with E-state index in [9.17, 15) is 14.4 Å². The molecule has 2 aliphatic rings. The molecule has 150 valence electrons. The van der Waals surface area contributed by atoms with Gasteiger partial charge in [-0.1, -0.05) is 35.9 Å². The van der Waals surface area contributed by atoms with Gasteiger partial charge < -0.3 is 10.6 Å². The van der Waals surface area contributed by atoms with Crippen molar-refractivity contribution in [1.29, 1.82) is 0 Å². The average molecular weight is 421 g/mol. The van der Waals surface area contributed by atoms with Crippen LogP contribution in [-0.4, -0.2) is 34.3 Å². The highest BCUT2D eigenvalue weighted by Gasteiger charge is 2.55. The molecule has 5 rings (SSSR count). The Morgan fingerprint density at radius 1 is 1.17 bits per heavy atom. The topological polar surface area (TPSA) is 91.4 Å². The van der Waals surface area contributed by atoms with Gasteiger partial charge in [0.15, 0.2) is 0 Å². The number of urea groups is 1. The van der Waals surface area contributed by atoms with Crippen LogP contribution in [0.3, 0.4) is 0 Å². The predicted molar refractivity (Wildman–Crippen MR) is 112 cm³/mol. The maximum absolute atomic E-state index is 13.2. The molecule has 1 fully saturated rings. The molecular formula is C22H17ClN4O3. The average Bonchev–Trinajstić information content (AvgIpc) is 3.24. The van der Waals surface area contributed by atoms with Crippen molar-refractivity contribution in [2.45, 2.75) is 18.4 Å². The Labute approximate surface area is 177 Å². The van der Waals surface area contributed by atoms with Gasteiger partial charge in [0, 0.05) is 11.6 Å². The Hall–Kier alpha value is -3.45. The van der Waals surface area contributed by atoms with Crippen LogP contribution in [-0.2, 0) is 21.5 Å². The largest absolute Gasteiger partial charge is 0.325 e. The van der Waals surface area contributed by atoms with Gasteiger partial charge >= 0.3 is 6.03 Å². The van der Waals surface area contributed by atoms with Gasteiger partial charge in [-0.05, 0) is 48.2 Å². The summed E-state index contributed by atoms with van der Waals surface area (Å²) >= 11 is 6.19. The Balaban J connectivity index is 1.38. The van der Waals surface area contributed by atoms with E-state index in [0.717, 1.165) is 16.0 Å². The van der Waals surface area contributed by atoms with Crippen LogP contribution in [0.25, 0.3) is 10.9 Å². The number of hydrogen-bond acceptors (Lipinski definition) is 4. The van der Waals surface area contributed by atoms with E-state index < -0.39 is 23.4 Å². The van der Waals surface area contributed by atoms with E-state index in [1.807, 2.05) is 24.3 Å². The summed E-state index contributed by atoms with van der Waals surface area (Å²) in [6, 6.07) is 13.9.